The molecular formula is C29H37N3O5. The fraction of sp³-hybridized carbons (Fsp3) is 0.414. The molecule has 8 nitrogen and oxygen atoms in total. The average molecular weight is 508 g/mol. The largest absolute Gasteiger partial charge is 0.460 e. The number of amides is 3. The second-order valence-electron chi connectivity index (χ2n) is 9.04. The minimum absolute atomic E-state index is 0.116. The highest BCUT2D eigenvalue weighted by molar-refractivity contribution is 6.04. The van der Waals surface area contributed by atoms with Crippen LogP contribution in [0.3, 0.4) is 0 Å². The highest BCUT2D eigenvalue weighted by Gasteiger charge is 2.36. The molecule has 3 rings (SSSR count). The number of urea groups is 1. The number of nitrogens with zero attached hydrogens (tertiary/aromatic N) is 1. The lowest BCUT2D eigenvalue weighted by Gasteiger charge is -2.35. The third kappa shape index (κ3) is 7.20. The standard InChI is InChI=1S/C29H37N3O5/c1-5-7-8-21-9-11-23(12-10-21)27(33)30-24-15-13-22(14-16-24)26-25(28(34)37-19-18-36-4)20(3)32(17-6-2)29(35)31-26/h9-16,26H,5-8,17-19H2,1-4H3,(H,30,33)(H,31,35). The van der Waals surface area contributed by atoms with Gasteiger partial charge in [-0.15, -0.1) is 0 Å². The number of unbranched alkanes of at least 4 members (excludes halogenated alkanes) is 1. The van der Waals surface area contributed by atoms with E-state index < -0.39 is 12.0 Å². The van der Waals surface area contributed by atoms with Crippen LogP contribution >= 0.6 is 0 Å². The first-order chi connectivity index (χ1) is 17.9. The molecular weight excluding hydrogens is 470 g/mol. The third-order valence-electron chi connectivity index (χ3n) is 6.32. The number of hydrogen-bond donors (Lipinski definition) is 2. The van der Waals surface area contributed by atoms with Crippen LogP contribution in [0.2, 0.25) is 0 Å². The van der Waals surface area contributed by atoms with E-state index in [2.05, 4.69) is 17.6 Å². The van der Waals surface area contributed by atoms with Crippen LogP contribution in [-0.4, -0.2) is 49.7 Å². The predicted molar refractivity (Wildman–Crippen MR) is 143 cm³/mol. The Balaban J connectivity index is 1.77. The molecule has 0 saturated carbocycles. The fourth-order valence-corrected chi connectivity index (χ4v) is 4.25. The number of anilines is 1. The number of nitrogens with one attached hydrogen (secondary N) is 2. The molecule has 8 heteroatoms. The zero-order valence-electron chi connectivity index (χ0n) is 22.1. The molecule has 198 valence electrons. The number of benzene rings is 2. The number of methoxy groups -OCH3 is 1. The van der Waals surface area contributed by atoms with Crippen molar-refractivity contribution >= 4 is 23.6 Å². The molecule has 0 aliphatic carbocycles. The van der Waals surface area contributed by atoms with Gasteiger partial charge in [-0.05, 0) is 61.6 Å². The first kappa shape index (κ1) is 27.9. The summed E-state index contributed by atoms with van der Waals surface area (Å²) in [4.78, 5) is 40.1. The Bertz CT molecular complexity index is 1110. The Morgan fingerprint density at radius 1 is 1.00 bits per heavy atom. The highest BCUT2D eigenvalue weighted by Crippen LogP contribution is 2.32. The van der Waals surface area contributed by atoms with Crippen molar-refractivity contribution in [2.75, 3.05) is 32.2 Å². The van der Waals surface area contributed by atoms with Crippen LogP contribution in [0.15, 0.2) is 59.8 Å². The van der Waals surface area contributed by atoms with Crippen LogP contribution in [0, 0.1) is 0 Å². The lowest BCUT2D eigenvalue weighted by Crippen LogP contribution is -2.48. The zero-order chi connectivity index (χ0) is 26.8. The first-order valence-electron chi connectivity index (χ1n) is 12.8. The van der Waals surface area contributed by atoms with Crippen LogP contribution in [-0.2, 0) is 20.7 Å². The highest BCUT2D eigenvalue weighted by atomic mass is 16.6. The minimum atomic E-state index is -0.670. The summed E-state index contributed by atoms with van der Waals surface area (Å²) in [5, 5.41) is 5.84. The fourth-order valence-electron chi connectivity index (χ4n) is 4.25. The van der Waals surface area contributed by atoms with Gasteiger partial charge in [0.15, 0.2) is 0 Å². The number of allylic oxidation sites excluding steroid dienone is 1. The van der Waals surface area contributed by atoms with Crippen LogP contribution < -0.4 is 10.6 Å². The van der Waals surface area contributed by atoms with E-state index in [4.69, 9.17) is 9.47 Å². The normalized spacial score (nSPS) is 15.4. The van der Waals surface area contributed by atoms with Gasteiger partial charge in [0.2, 0.25) is 0 Å². The summed E-state index contributed by atoms with van der Waals surface area (Å²) in [6.07, 6.45) is 4.00. The second kappa shape index (κ2) is 13.6. The number of carbonyl (C=O) groups is 3. The Labute approximate surface area is 219 Å². The van der Waals surface area contributed by atoms with Crippen molar-refractivity contribution in [1.29, 1.82) is 0 Å². The molecule has 2 aromatic rings. The maximum absolute atomic E-state index is 13.0. The Morgan fingerprint density at radius 3 is 2.32 bits per heavy atom. The van der Waals surface area contributed by atoms with Gasteiger partial charge in [-0.1, -0.05) is 44.5 Å². The van der Waals surface area contributed by atoms with Crippen molar-refractivity contribution in [3.8, 4) is 0 Å². The van der Waals surface area contributed by atoms with Gasteiger partial charge in [-0.3, -0.25) is 9.69 Å². The van der Waals surface area contributed by atoms with Gasteiger partial charge in [-0.2, -0.15) is 0 Å². The van der Waals surface area contributed by atoms with E-state index in [9.17, 15) is 14.4 Å². The molecule has 0 spiro atoms. The third-order valence-corrected chi connectivity index (χ3v) is 6.32. The van der Waals surface area contributed by atoms with Crippen molar-refractivity contribution in [3.63, 3.8) is 0 Å². The van der Waals surface area contributed by atoms with E-state index in [1.165, 1.54) is 12.7 Å². The van der Waals surface area contributed by atoms with Crippen LogP contribution in [0.1, 0.15) is 67.6 Å². The Hall–Kier alpha value is -3.65. The van der Waals surface area contributed by atoms with E-state index in [0.29, 0.717) is 34.6 Å². The van der Waals surface area contributed by atoms with Gasteiger partial charge < -0.3 is 20.1 Å². The van der Waals surface area contributed by atoms with Crippen molar-refractivity contribution in [2.45, 2.75) is 52.5 Å². The summed E-state index contributed by atoms with van der Waals surface area (Å²) < 4.78 is 10.4. The molecule has 1 heterocycles. The summed E-state index contributed by atoms with van der Waals surface area (Å²) in [6.45, 7) is 6.77. The summed E-state index contributed by atoms with van der Waals surface area (Å²) in [5.74, 6) is -0.700. The summed E-state index contributed by atoms with van der Waals surface area (Å²) in [6, 6.07) is 13.8. The van der Waals surface area contributed by atoms with E-state index >= 15 is 0 Å². The second-order valence-corrected chi connectivity index (χ2v) is 9.04. The number of carbonyl (C=O) groups excluding carboxylic acids is 3. The van der Waals surface area contributed by atoms with Gasteiger partial charge in [0.25, 0.3) is 5.91 Å². The molecule has 0 bridgehead atoms. The lowest BCUT2D eigenvalue weighted by atomic mass is 9.94. The minimum Gasteiger partial charge on any atom is -0.460 e. The topological polar surface area (TPSA) is 97.0 Å². The maximum atomic E-state index is 13.0. The zero-order valence-corrected chi connectivity index (χ0v) is 22.1. The molecule has 2 aromatic carbocycles. The molecule has 1 aliphatic rings. The SMILES string of the molecule is CCCCc1ccc(C(=O)Nc2ccc(C3NC(=O)N(CCC)C(C)=C3C(=O)OCCOC)cc2)cc1. The number of hydrogen-bond acceptors (Lipinski definition) is 5. The summed E-state index contributed by atoms with van der Waals surface area (Å²) in [5.41, 5.74) is 4.07. The maximum Gasteiger partial charge on any atom is 0.338 e. The molecule has 37 heavy (non-hydrogen) atoms. The van der Waals surface area contributed by atoms with Crippen molar-refractivity contribution in [1.82, 2.24) is 10.2 Å². The first-order valence-corrected chi connectivity index (χ1v) is 12.8. The number of ether oxygens (including phenoxy) is 2. The van der Waals surface area contributed by atoms with Gasteiger partial charge >= 0.3 is 12.0 Å². The Morgan fingerprint density at radius 2 is 1.70 bits per heavy atom. The van der Waals surface area contributed by atoms with Crippen molar-refractivity contribution in [2.24, 2.45) is 0 Å². The monoisotopic (exact) mass is 507 g/mol. The van der Waals surface area contributed by atoms with E-state index in [1.807, 2.05) is 31.2 Å². The molecule has 0 aromatic heterocycles. The van der Waals surface area contributed by atoms with Crippen LogP contribution in [0.25, 0.3) is 0 Å². The molecule has 0 fully saturated rings. The molecule has 3 amide bonds. The molecule has 0 radical (unpaired) electrons. The molecule has 1 atom stereocenters. The van der Waals surface area contributed by atoms with Crippen LogP contribution in [0.5, 0.6) is 0 Å². The van der Waals surface area contributed by atoms with Crippen LogP contribution in [0.4, 0.5) is 10.5 Å². The molecule has 2 N–H and O–H groups in total. The van der Waals surface area contributed by atoms with Gasteiger partial charge in [-0.25, -0.2) is 9.59 Å². The number of aryl methyl sites for hydroxylation is 1. The average Bonchev–Trinajstić information content (AvgIpc) is 2.90. The van der Waals surface area contributed by atoms with E-state index in [0.717, 1.165) is 25.7 Å². The van der Waals surface area contributed by atoms with Crippen molar-refractivity contribution < 1.29 is 23.9 Å². The quantitative estimate of drug-likeness (QED) is 0.303. The number of rotatable bonds is 12. The Kier molecular flexibility index (Phi) is 10.3. The number of esters is 1. The van der Waals surface area contributed by atoms with Crippen molar-refractivity contribution in [3.05, 3.63) is 76.5 Å². The smallest absolute Gasteiger partial charge is 0.338 e. The summed E-state index contributed by atoms with van der Waals surface area (Å²) >= 11 is 0. The summed E-state index contributed by atoms with van der Waals surface area (Å²) in [7, 11) is 1.54. The predicted octanol–water partition coefficient (Wildman–Crippen LogP) is 5.22. The van der Waals surface area contributed by atoms with Gasteiger partial charge in [0, 0.05) is 30.6 Å². The van der Waals surface area contributed by atoms with Gasteiger partial charge in [0.1, 0.15) is 6.61 Å². The van der Waals surface area contributed by atoms with E-state index in [-0.39, 0.29) is 25.2 Å². The van der Waals surface area contributed by atoms with E-state index in [1.54, 1.807) is 36.1 Å². The lowest BCUT2D eigenvalue weighted by molar-refractivity contribution is -0.140. The molecule has 0 saturated heterocycles. The molecule has 1 unspecified atom stereocenters. The molecule has 1 aliphatic heterocycles. The van der Waals surface area contributed by atoms with Gasteiger partial charge in [0.05, 0.1) is 18.2 Å².